The van der Waals surface area contributed by atoms with E-state index >= 15 is 0 Å². The van der Waals surface area contributed by atoms with Crippen LogP contribution in [0.2, 0.25) is 0 Å². The van der Waals surface area contributed by atoms with Gasteiger partial charge in [0.25, 0.3) is 5.91 Å². The number of carbonyl (C=O) groups excluding carboxylic acids is 1. The molecule has 1 heterocycles. The molecule has 32 heavy (non-hydrogen) atoms. The number of hydrogen-bond donors (Lipinski definition) is 1. The number of benzene rings is 1. The fraction of sp³-hybridized carbons (Fsp3) is 0.682. The summed E-state index contributed by atoms with van der Waals surface area (Å²) in [6.07, 6.45) is 6.58. The zero-order chi connectivity index (χ0) is 22.5. The lowest BCUT2D eigenvalue weighted by Crippen LogP contribution is -2.61. The van der Waals surface area contributed by atoms with E-state index in [4.69, 9.17) is 0 Å². The molecule has 3 rings (SSSR count). The Bertz CT molecular complexity index is 849. The van der Waals surface area contributed by atoms with Crippen LogP contribution in [0, 0.1) is 11.6 Å². The normalized spacial score (nSPS) is 20.2. The summed E-state index contributed by atoms with van der Waals surface area (Å²) in [7, 11) is -3.23. The van der Waals surface area contributed by atoms with E-state index < -0.39 is 33.1 Å². The molecule has 1 aromatic carbocycles. The molecule has 10 heteroatoms. The van der Waals surface area contributed by atoms with Crippen molar-refractivity contribution in [2.24, 2.45) is 0 Å². The predicted molar refractivity (Wildman–Crippen MR) is 124 cm³/mol. The molecule has 2 aliphatic rings. The Morgan fingerprint density at radius 2 is 1.59 bits per heavy atom. The number of sulfonamides is 1. The second-order valence-corrected chi connectivity index (χ2v) is 10.7. The zero-order valence-electron chi connectivity index (χ0n) is 18.6. The molecule has 2 fully saturated rings. The zero-order valence-corrected chi connectivity index (χ0v) is 20.2. The monoisotopic (exact) mass is 493 g/mol. The lowest BCUT2D eigenvalue weighted by Gasteiger charge is -2.47. The minimum absolute atomic E-state index is 0. The molecule has 1 N–H and O–H groups in total. The van der Waals surface area contributed by atoms with Gasteiger partial charge in [-0.15, -0.1) is 12.4 Å². The molecule has 1 saturated carbocycles. The van der Waals surface area contributed by atoms with Crippen LogP contribution in [-0.2, 0) is 10.0 Å². The molecule has 0 unspecified atom stereocenters. The standard InChI is InChI=1S/C22H33F2N3O3S.ClH/c1-2-16-31(29,30)27-14-12-26(13-15-27)22(10-5-3-4-6-11-22)17-25-21(28)20-18(23)8-7-9-19(20)24;/h7-9H,2-6,10-17H2,1H3,(H,25,28);1H. The Balaban J connectivity index is 0.00000363. The maximum Gasteiger partial charge on any atom is 0.257 e. The van der Waals surface area contributed by atoms with Gasteiger partial charge < -0.3 is 5.32 Å². The van der Waals surface area contributed by atoms with Crippen molar-refractivity contribution in [3.63, 3.8) is 0 Å². The fourth-order valence-corrected chi connectivity index (χ4v) is 6.36. The third-order valence-electron chi connectivity index (χ3n) is 6.57. The Kier molecular flexibility index (Phi) is 9.87. The quantitative estimate of drug-likeness (QED) is 0.589. The Morgan fingerprint density at radius 1 is 1.03 bits per heavy atom. The number of amides is 1. The molecule has 1 aromatic rings. The maximum absolute atomic E-state index is 14.0. The van der Waals surface area contributed by atoms with Crippen LogP contribution in [0.5, 0.6) is 0 Å². The Hall–Kier alpha value is -1.29. The van der Waals surface area contributed by atoms with Gasteiger partial charge in [0.15, 0.2) is 0 Å². The van der Waals surface area contributed by atoms with Crippen LogP contribution >= 0.6 is 12.4 Å². The van der Waals surface area contributed by atoms with Gasteiger partial charge in [-0.05, 0) is 31.4 Å². The van der Waals surface area contributed by atoms with Crippen LogP contribution in [0.4, 0.5) is 8.78 Å². The van der Waals surface area contributed by atoms with E-state index in [1.54, 1.807) is 4.31 Å². The summed E-state index contributed by atoms with van der Waals surface area (Å²) in [6.45, 7) is 4.19. The van der Waals surface area contributed by atoms with Crippen molar-refractivity contribution < 1.29 is 22.0 Å². The van der Waals surface area contributed by atoms with Crippen molar-refractivity contribution in [3.8, 4) is 0 Å². The first-order valence-corrected chi connectivity index (χ1v) is 12.8. The Labute approximate surface area is 196 Å². The molecule has 1 aliphatic carbocycles. The minimum Gasteiger partial charge on any atom is -0.350 e. The fourth-order valence-electron chi connectivity index (χ4n) is 4.87. The number of carbonyl (C=O) groups is 1. The number of rotatable bonds is 7. The van der Waals surface area contributed by atoms with Crippen molar-refractivity contribution in [2.45, 2.75) is 57.4 Å². The van der Waals surface area contributed by atoms with E-state index in [0.29, 0.717) is 39.1 Å². The average molecular weight is 494 g/mol. The third kappa shape index (κ3) is 6.18. The Morgan fingerprint density at radius 3 is 2.12 bits per heavy atom. The summed E-state index contributed by atoms with van der Waals surface area (Å²) in [5.41, 5.74) is -0.879. The van der Waals surface area contributed by atoms with Gasteiger partial charge in [-0.25, -0.2) is 17.2 Å². The van der Waals surface area contributed by atoms with Crippen LogP contribution in [0.3, 0.4) is 0 Å². The first-order chi connectivity index (χ1) is 14.8. The van der Waals surface area contributed by atoms with Crippen molar-refractivity contribution in [1.29, 1.82) is 0 Å². The number of halogens is 3. The molecule has 0 bridgehead atoms. The van der Waals surface area contributed by atoms with Crippen LogP contribution in [-0.4, -0.2) is 67.5 Å². The number of hydrogen-bond acceptors (Lipinski definition) is 4. The molecule has 0 spiro atoms. The largest absolute Gasteiger partial charge is 0.350 e. The van der Waals surface area contributed by atoms with Gasteiger partial charge in [0, 0.05) is 38.3 Å². The summed E-state index contributed by atoms with van der Waals surface area (Å²) in [5, 5.41) is 2.79. The summed E-state index contributed by atoms with van der Waals surface area (Å²) >= 11 is 0. The van der Waals surface area contributed by atoms with Crippen LogP contribution < -0.4 is 5.32 Å². The topological polar surface area (TPSA) is 69.7 Å². The molecule has 1 aliphatic heterocycles. The van der Waals surface area contributed by atoms with Gasteiger partial charge in [-0.3, -0.25) is 9.69 Å². The van der Waals surface area contributed by atoms with E-state index in [1.807, 2.05) is 6.92 Å². The molecule has 1 saturated heterocycles. The molecule has 182 valence electrons. The maximum atomic E-state index is 14.0. The number of nitrogens with zero attached hydrogens (tertiary/aromatic N) is 2. The van der Waals surface area contributed by atoms with Gasteiger partial charge in [-0.2, -0.15) is 4.31 Å². The average Bonchev–Trinajstić information content (AvgIpc) is 2.99. The van der Waals surface area contributed by atoms with Gasteiger partial charge in [0.1, 0.15) is 17.2 Å². The van der Waals surface area contributed by atoms with Crippen molar-refractivity contribution >= 4 is 28.3 Å². The number of piperazine rings is 1. The molecule has 0 aromatic heterocycles. The van der Waals surface area contributed by atoms with E-state index in [1.165, 1.54) is 6.07 Å². The van der Waals surface area contributed by atoms with Crippen LogP contribution in [0.1, 0.15) is 62.2 Å². The van der Waals surface area contributed by atoms with E-state index in [-0.39, 0.29) is 23.7 Å². The number of nitrogens with one attached hydrogen (secondary N) is 1. The molecule has 0 atom stereocenters. The second kappa shape index (κ2) is 11.7. The highest BCUT2D eigenvalue weighted by Gasteiger charge is 2.40. The highest BCUT2D eigenvalue weighted by atomic mass is 35.5. The van der Waals surface area contributed by atoms with Crippen molar-refractivity contribution in [1.82, 2.24) is 14.5 Å². The first-order valence-electron chi connectivity index (χ1n) is 11.2. The molecule has 0 radical (unpaired) electrons. The van der Waals surface area contributed by atoms with Gasteiger partial charge in [0.05, 0.1) is 5.75 Å². The van der Waals surface area contributed by atoms with Gasteiger partial charge in [0.2, 0.25) is 10.0 Å². The van der Waals surface area contributed by atoms with E-state index in [0.717, 1.165) is 50.7 Å². The summed E-state index contributed by atoms with van der Waals surface area (Å²) in [5.74, 6) is -2.34. The predicted octanol–water partition coefficient (Wildman–Crippen LogP) is 3.57. The highest BCUT2D eigenvalue weighted by molar-refractivity contribution is 7.89. The van der Waals surface area contributed by atoms with Crippen LogP contribution in [0.25, 0.3) is 0 Å². The summed E-state index contributed by atoms with van der Waals surface area (Å²) in [6, 6.07) is 3.39. The molecular weight excluding hydrogens is 460 g/mol. The highest BCUT2D eigenvalue weighted by Crippen LogP contribution is 2.33. The SMILES string of the molecule is CCCS(=O)(=O)N1CCN(C2(CNC(=O)c3c(F)cccc3F)CCCCCC2)CC1.Cl. The van der Waals surface area contributed by atoms with Crippen LogP contribution in [0.15, 0.2) is 18.2 Å². The van der Waals surface area contributed by atoms with E-state index in [9.17, 15) is 22.0 Å². The third-order valence-corrected chi connectivity index (χ3v) is 8.64. The summed E-state index contributed by atoms with van der Waals surface area (Å²) in [4.78, 5) is 14.9. The van der Waals surface area contributed by atoms with Crippen molar-refractivity contribution in [2.75, 3.05) is 38.5 Å². The molecule has 6 nitrogen and oxygen atoms in total. The first kappa shape index (κ1) is 27.0. The van der Waals surface area contributed by atoms with E-state index in [2.05, 4.69) is 10.2 Å². The van der Waals surface area contributed by atoms with Gasteiger partial charge >= 0.3 is 0 Å². The lowest BCUT2D eigenvalue weighted by atomic mass is 9.87. The lowest BCUT2D eigenvalue weighted by molar-refractivity contribution is 0.0390. The smallest absolute Gasteiger partial charge is 0.257 e. The minimum atomic E-state index is -3.23. The molecular formula is C22H34ClF2N3O3S. The van der Waals surface area contributed by atoms with Gasteiger partial charge in [-0.1, -0.05) is 38.7 Å². The second-order valence-electron chi connectivity index (χ2n) is 8.62. The summed E-state index contributed by atoms with van der Waals surface area (Å²) < 4.78 is 54.4. The molecule has 1 amide bonds. The van der Waals surface area contributed by atoms with Crippen molar-refractivity contribution in [3.05, 3.63) is 35.4 Å².